The van der Waals surface area contributed by atoms with Gasteiger partial charge < -0.3 is 4.55 Å². The van der Waals surface area contributed by atoms with Crippen LogP contribution in [0.2, 0.25) is 0 Å². The first kappa shape index (κ1) is 37.7. The highest BCUT2D eigenvalue weighted by molar-refractivity contribution is 7.97. The predicted octanol–water partition coefficient (Wildman–Crippen LogP) is 5.88. The third kappa shape index (κ3) is 6.48. The zero-order valence-electron chi connectivity index (χ0n) is 18.6. The molecule has 0 unspecified atom stereocenters. The van der Waals surface area contributed by atoms with Crippen LogP contribution in [0, 0.1) is 0 Å². The van der Waals surface area contributed by atoms with E-state index in [0.717, 1.165) is 5.75 Å². The number of carbonyl (C=O) groups is 1. The Hall–Kier alpha value is -1.26. The molecule has 0 aromatic carbocycles. The summed E-state index contributed by atoms with van der Waals surface area (Å²) in [6.45, 7) is 1.71. The molecule has 23 heteroatoms. The zero-order chi connectivity index (χ0) is 31.9. The van der Waals surface area contributed by atoms with Crippen LogP contribution in [-0.2, 0) is 25.8 Å². The Morgan fingerprint density at radius 1 is 0.615 bits per heavy atom. The normalized spacial score (nSPS) is 17.9. The predicted molar refractivity (Wildman–Crippen MR) is 96.9 cm³/mol. The molecule has 0 spiro atoms. The maximum absolute atomic E-state index is 13.0. The molecule has 4 nitrogen and oxygen atoms in total. The number of hydrogen-bond acceptors (Lipinski definition) is 4. The van der Waals surface area contributed by atoms with Crippen LogP contribution in [0.4, 0.5) is 74.6 Å². The molecular formula is C16H15F17O4S2. The number of alkyl halides is 17. The van der Waals surface area contributed by atoms with Crippen molar-refractivity contribution in [2.24, 2.45) is 0 Å². The third-order valence-electron chi connectivity index (χ3n) is 4.78. The van der Waals surface area contributed by atoms with E-state index in [9.17, 15) is 92.4 Å². The largest absolute Gasteiger partial charge is 0.743 e. The molecule has 0 N–H and O–H groups in total. The summed E-state index contributed by atoms with van der Waals surface area (Å²) in [5.74, 6) is -48.3. The van der Waals surface area contributed by atoms with E-state index in [1.165, 1.54) is 30.8 Å². The van der Waals surface area contributed by atoms with Crippen molar-refractivity contribution in [3.05, 3.63) is 0 Å². The van der Waals surface area contributed by atoms with Crippen LogP contribution in [0.15, 0.2) is 0 Å². The number of ketones is 1. The van der Waals surface area contributed by atoms with Gasteiger partial charge in [-0.15, -0.1) is 0 Å². The van der Waals surface area contributed by atoms with Gasteiger partial charge in [-0.3, -0.25) is 4.79 Å². The molecule has 0 radical (unpaired) electrons. The molecule has 0 aromatic rings. The highest BCUT2D eigenvalue weighted by Gasteiger charge is 2.95. The van der Waals surface area contributed by atoms with Crippen LogP contribution >= 0.6 is 0 Å². The van der Waals surface area contributed by atoms with Crippen molar-refractivity contribution in [1.82, 2.24) is 0 Å². The van der Waals surface area contributed by atoms with Gasteiger partial charge in [-0.05, 0) is 37.1 Å². The van der Waals surface area contributed by atoms with Gasteiger partial charge in [-0.2, -0.15) is 74.6 Å². The Kier molecular flexibility index (Phi) is 10.8. The number of halogens is 17. The van der Waals surface area contributed by atoms with Crippen molar-refractivity contribution < 1.29 is 92.4 Å². The molecule has 1 rings (SSSR count). The average Bonchev–Trinajstić information content (AvgIpc) is 2.72. The van der Waals surface area contributed by atoms with Gasteiger partial charge in [0.15, 0.2) is 21.7 Å². The molecule has 39 heavy (non-hydrogen) atoms. The van der Waals surface area contributed by atoms with E-state index in [1.807, 2.05) is 0 Å². The maximum atomic E-state index is 13.0. The van der Waals surface area contributed by atoms with Gasteiger partial charge in [0, 0.05) is 0 Å². The summed E-state index contributed by atoms with van der Waals surface area (Å²) < 4.78 is 244. The summed E-state index contributed by atoms with van der Waals surface area (Å²) >= 11 is 0. The van der Waals surface area contributed by atoms with Gasteiger partial charge in [-0.25, -0.2) is 8.42 Å². The van der Waals surface area contributed by atoms with E-state index in [0.29, 0.717) is 16.7 Å². The number of carbonyl (C=O) groups excluding carboxylic acids is 1. The van der Waals surface area contributed by atoms with Crippen molar-refractivity contribution in [1.29, 1.82) is 0 Å². The van der Waals surface area contributed by atoms with Crippen molar-refractivity contribution in [2.45, 2.75) is 73.2 Å². The monoisotopic (exact) mass is 658 g/mol. The molecule has 1 aliphatic rings. The van der Waals surface area contributed by atoms with Gasteiger partial charge in [0.1, 0.15) is 11.5 Å². The Labute approximate surface area is 210 Å². The Morgan fingerprint density at radius 2 is 0.923 bits per heavy atom. The number of hydrogen-bond donors (Lipinski definition) is 0. The summed E-state index contributed by atoms with van der Waals surface area (Å²) in [6, 6.07) is 0. The highest BCUT2D eigenvalue weighted by Crippen LogP contribution is 2.64. The van der Waals surface area contributed by atoms with Gasteiger partial charge in [0.25, 0.3) is 0 Å². The van der Waals surface area contributed by atoms with Crippen molar-refractivity contribution in [3.63, 3.8) is 0 Å². The molecule has 0 aromatic heterocycles. The molecular weight excluding hydrogens is 643 g/mol. The Bertz CT molecular complexity index is 970. The second-order valence-corrected chi connectivity index (χ2v) is 11.6. The summed E-state index contributed by atoms with van der Waals surface area (Å²) in [5.41, 5.74) is 0. The van der Waals surface area contributed by atoms with Crippen LogP contribution in [0.25, 0.3) is 0 Å². The molecule has 0 atom stereocenters. The van der Waals surface area contributed by atoms with Crippen molar-refractivity contribution >= 4 is 26.8 Å². The lowest BCUT2D eigenvalue weighted by Gasteiger charge is -2.42. The average molecular weight is 658 g/mol. The van der Waals surface area contributed by atoms with Gasteiger partial charge in [-0.1, -0.05) is 0 Å². The van der Waals surface area contributed by atoms with Crippen LogP contribution in [0.5, 0.6) is 0 Å². The van der Waals surface area contributed by atoms with Crippen molar-refractivity contribution in [2.75, 3.05) is 17.3 Å². The van der Waals surface area contributed by atoms with E-state index in [1.54, 1.807) is 6.92 Å². The fourth-order valence-electron chi connectivity index (χ4n) is 2.63. The van der Waals surface area contributed by atoms with E-state index < -0.39 is 57.1 Å². The summed E-state index contributed by atoms with van der Waals surface area (Å²) in [4.78, 5) is 10.7. The van der Waals surface area contributed by atoms with Crippen LogP contribution in [0.1, 0.15) is 26.2 Å². The Balaban J connectivity index is 0.00000120. The van der Waals surface area contributed by atoms with E-state index in [-0.39, 0.29) is 0 Å². The highest BCUT2D eigenvalue weighted by atomic mass is 32.2. The van der Waals surface area contributed by atoms with Gasteiger partial charge in [0.05, 0.1) is 0 Å². The van der Waals surface area contributed by atoms with E-state index in [2.05, 4.69) is 0 Å². The second-order valence-electron chi connectivity index (χ2n) is 7.84. The first-order chi connectivity index (χ1) is 16.8. The van der Waals surface area contributed by atoms with Crippen LogP contribution < -0.4 is 0 Å². The molecule has 0 saturated carbocycles. The van der Waals surface area contributed by atoms with Crippen molar-refractivity contribution in [3.8, 4) is 0 Å². The van der Waals surface area contributed by atoms with E-state index in [4.69, 9.17) is 0 Å². The molecule has 0 bridgehead atoms. The first-order valence-electron chi connectivity index (χ1n) is 9.59. The smallest absolute Gasteiger partial charge is 0.460 e. The van der Waals surface area contributed by atoms with E-state index >= 15 is 0 Å². The van der Waals surface area contributed by atoms with Gasteiger partial charge in [0.2, 0.25) is 0 Å². The quantitative estimate of drug-likeness (QED) is 0.177. The lowest BCUT2D eigenvalue weighted by atomic mass is 9.91. The fourth-order valence-corrected chi connectivity index (χ4v) is 5.36. The number of rotatable bonds is 9. The summed E-state index contributed by atoms with van der Waals surface area (Å²) in [7, 11) is -7.67. The fraction of sp³-hybridized carbons (Fsp3) is 0.938. The second kappa shape index (κ2) is 11.2. The maximum Gasteiger partial charge on any atom is 0.460 e. The molecule has 1 fully saturated rings. The Morgan fingerprint density at radius 3 is 1.21 bits per heavy atom. The minimum atomic E-state index is -8.92. The standard InChI is InChI=1S/C8HF17O3S.C8H15OS/c9-1(10,3(13,14)5(17,18)7(21,22)23)2(11,12)4(15,16)6(19,20)8(24,25)29(26,27)28;1-8(9)7-10-5-3-2-4-6-10/h(H,26,27,28);2-7H2,1H3/q;+1/p-1. The van der Waals surface area contributed by atoms with Crippen LogP contribution in [-0.4, -0.2) is 83.0 Å². The first-order valence-corrected chi connectivity index (χ1v) is 12.7. The third-order valence-corrected chi connectivity index (χ3v) is 8.21. The molecule has 0 amide bonds. The molecule has 1 saturated heterocycles. The SMILES string of the molecule is CC(=O)C[S+]1CCCCC1.O=S(=O)([O-])C(F)(F)C(F)(F)C(F)(F)C(F)(F)C(F)(F)C(F)(F)C(F)(F)C(F)(F)F. The van der Waals surface area contributed by atoms with Crippen LogP contribution in [0.3, 0.4) is 0 Å². The zero-order valence-corrected chi connectivity index (χ0v) is 20.3. The number of Topliss-reactive ketones (excluding diaryl/α,β-unsaturated/α-hetero) is 1. The molecule has 1 aliphatic heterocycles. The van der Waals surface area contributed by atoms with Gasteiger partial charge >= 0.3 is 47.0 Å². The molecule has 1 heterocycles. The molecule has 234 valence electrons. The summed E-state index contributed by atoms with van der Waals surface area (Å²) in [5, 5.41) is -7.95. The minimum absolute atomic E-state index is 0.380. The lowest BCUT2D eigenvalue weighted by Crippen LogP contribution is -2.75. The summed E-state index contributed by atoms with van der Waals surface area (Å²) in [6.07, 6.45) is -3.79. The lowest BCUT2D eigenvalue weighted by molar-refractivity contribution is -0.458. The topological polar surface area (TPSA) is 74.3 Å². The minimum Gasteiger partial charge on any atom is -0.743 e. The molecule has 0 aliphatic carbocycles.